The summed E-state index contributed by atoms with van der Waals surface area (Å²) in [5.74, 6) is -0.931. The zero-order chi connectivity index (χ0) is 22.3. The average molecular weight is 460 g/mol. The van der Waals surface area contributed by atoms with Crippen LogP contribution in [-0.4, -0.2) is 32.3 Å². The Morgan fingerprint density at radius 1 is 1.35 bits per heavy atom. The predicted octanol–water partition coefficient (Wildman–Crippen LogP) is 5.08. The highest BCUT2D eigenvalue weighted by Crippen LogP contribution is 2.43. The summed E-state index contributed by atoms with van der Waals surface area (Å²) in [6.07, 6.45) is -3.23. The fourth-order valence-corrected chi connectivity index (χ4v) is 3.50. The monoisotopic (exact) mass is 459 g/mol. The summed E-state index contributed by atoms with van der Waals surface area (Å²) in [4.78, 5) is 0. The molecule has 0 aliphatic heterocycles. The average Bonchev–Trinajstić information content (AvgIpc) is 3.26. The molecule has 2 heterocycles. The smallest absolute Gasteiger partial charge is 0.391 e. The van der Waals surface area contributed by atoms with E-state index in [2.05, 4.69) is 10.3 Å². The number of halogens is 5. The third-order valence-corrected chi connectivity index (χ3v) is 5.08. The first kappa shape index (κ1) is 21.8. The summed E-state index contributed by atoms with van der Waals surface area (Å²) in [7, 11) is 0. The third-order valence-electron chi connectivity index (χ3n) is 4.77. The maximum atomic E-state index is 14.5. The van der Waals surface area contributed by atoms with Crippen molar-refractivity contribution in [2.45, 2.75) is 51.3 Å². The molecule has 0 spiro atoms. The van der Waals surface area contributed by atoms with Crippen LogP contribution < -0.4 is 0 Å². The Hall–Kier alpha value is -2.43. The summed E-state index contributed by atoms with van der Waals surface area (Å²) >= 11 is 6.14. The summed E-state index contributed by atoms with van der Waals surface area (Å²) < 4.78 is 67.8. The molecule has 1 aromatic carbocycles. The van der Waals surface area contributed by atoms with Crippen molar-refractivity contribution in [3.05, 3.63) is 46.5 Å². The van der Waals surface area contributed by atoms with Crippen LogP contribution in [-0.2, 0) is 24.1 Å². The van der Waals surface area contributed by atoms with Crippen molar-refractivity contribution in [1.29, 1.82) is 0 Å². The number of hydrogen-bond donors (Lipinski definition) is 1. The Bertz CT molecular complexity index is 1070. The van der Waals surface area contributed by atoms with Gasteiger partial charge in [0.25, 0.3) is 0 Å². The van der Waals surface area contributed by atoms with Crippen LogP contribution in [0.25, 0.3) is 22.6 Å². The normalized spacial score (nSPS) is 15.5. The van der Waals surface area contributed by atoms with Gasteiger partial charge in [-0.15, -0.1) is 0 Å². The Labute approximate surface area is 179 Å². The quantitative estimate of drug-likeness (QED) is 0.499. The number of aliphatic hydroxyl groups is 1. The molecule has 166 valence electrons. The second-order valence-electron chi connectivity index (χ2n) is 7.38. The molecule has 1 saturated carbocycles. The van der Waals surface area contributed by atoms with Gasteiger partial charge >= 0.3 is 6.18 Å². The van der Waals surface area contributed by atoms with Gasteiger partial charge in [0.2, 0.25) is 0 Å². The molecule has 0 unspecified atom stereocenters. The van der Waals surface area contributed by atoms with Crippen LogP contribution in [0.5, 0.6) is 0 Å². The Morgan fingerprint density at radius 3 is 2.71 bits per heavy atom. The molecule has 1 N–H and O–H groups in total. The van der Waals surface area contributed by atoms with Gasteiger partial charge < -0.3 is 14.4 Å². The van der Waals surface area contributed by atoms with E-state index in [-0.39, 0.29) is 52.4 Å². The minimum absolute atomic E-state index is 0.0215. The Morgan fingerprint density at radius 2 is 2.10 bits per heavy atom. The number of alkyl halides is 3. The first-order chi connectivity index (χ1) is 14.7. The molecule has 31 heavy (non-hydrogen) atoms. The minimum atomic E-state index is -4.79. The van der Waals surface area contributed by atoms with Crippen LogP contribution in [0, 0.1) is 5.82 Å². The highest BCUT2D eigenvalue weighted by atomic mass is 35.5. The molecular weight excluding hydrogens is 442 g/mol. The number of benzene rings is 1. The molecule has 6 nitrogen and oxygen atoms in total. The van der Waals surface area contributed by atoms with Gasteiger partial charge in [0.15, 0.2) is 11.5 Å². The topological polar surface area (TPSA) is 73.3 Å². The highest BCUT2D eigenvalue weighted by molar-refractivity contribution is 6.33. The van der Waals surface area contributed by atoms with Crippen LogP contribution in [0.1, 0.15) is 31.0 Å². The largest absolute Gasteiger partial charge is 0.433 e. The molecule has 1 aliphatic rings. The van der Waals surface area contributed by atoms with Gasteiger partial charge in [-0.1, -0.05) is 22.8 Å². The zero-order valence-electron chi connectivity index (χ0n) is 16.3. The van der Waals surface area contributed by atoms with Crippen molar-refractivity contribution >= 4 is 11.6 Å². The number of nitrogens with zero attached hydrogens (tertiary/aromatic N) is 3. The molecule has 0 bridgehead atoms. The van der Waals surface area contributed by atoms with Crippen LogP contribution >= 0.6 is 11.6 Å². The van der Waals surface area contributed by atoms with Gasteiger partial charge in [-0.2, -0.15) is 18.3 Å². The van der Waals surface area contributed by atoms with Crippen molar-refractivity contribution in [2.75, 3.05) is 0 Å². The summed E-state index contributed by atoms with van der Waals surface area (Å²) in [6, 6.07) is 4.02. The van der Waals surface area contributed by atoms with E-state index < -0.39 is 23.8 Å². The van der Waals surface area contributed by atoms with Gasteiger partial charge in [-0.05, 0) is 31.9 Å². The van der Waals surface area contributed by atoms with Crippen LogP contribution in [0.4, 0.5) is 17.6 Å². The fourth-order valence-electron chi connectivity index (χ4n) is 3.25. The lowest BCUT2D eigenvalue weighted by molar-refractivity contribution is -0.144. The molecule has 1 atom stereocenters. The summed E-state index contributed by atoms with van der Waals surface area (Å²) in [5, 5.41) is 17.2. The molecule has 11 heteroatoms. The third kappa shape index (κ3) is 4.46. The molecular formula is C20H18ClF4N3O3. The number of ether oxygens (including phenoxy) is 1. The standard InChI is InChI=1S/C20H18ClF4N3O3/c1-10(29)8-28-19(20(23,24)25)12(7-26-28)18-13(9-30-11-5-6-11)17(27-31-18)16-14(21)3-2-4-15(16)22/h2-4,7,10-11,29H,5-6,8-9H2,1H3/t10-/m1/s1. The van der Waals surface area contributed by atoms with E-state index in [4.69, 9.17) is 20.9 Å². The second-order valence-corrected chi connectivity index (χ2v) is 7.79. The zero-order valence-corrected chi connectivity index (χ0v) is 17.0. The molecule has 4 rings (SSSR count). The Kier molecular flexibility index (Phi) is 5.80. The minimum Gasteiger partial charge on any atom is -0.391 e. The number of hydrogen-bond acceptors (Lipinski definition) is 5. The summed E-state index contributed by atoms with van der Waals surface area (Å²) in [5.41, 5.74) is -1.47. The van der Waals surface area contributed by atoms with Crippen molar-refractivity contribution in [2.24, 2.45) is 0 Å². The predicted molar refractivity (Wildman–Crippen MR) is 103 cm³/mol. The SMILES string of the molecule is C[C@@H](O)Cn1ncc(-c2onc(-c3c(F)cccc3Cl)c2COC2CC2)c1C(F)(F)F. The molecule has 2 aromatic heterocycles. The van der Waals surface area contributed by atoms with Crippen LogP contribution in [0.2, 0.25) is 5.02 Å². The highest BCUT2D eigenvalue weighted by Gasteiger charge is 2.41. The maximum absolute atomic E-state index is 14.5. The molecule has 0 radical (unpaired) electrons. The van der Waals surface area contributed by atoms with E-state index in [1.807, 2.05) is 0 Å². The van der Waals surface area contributed by atoms with Gasteiger partial charge in [0, 0.05) is 0 Å². The lowest BCUT2D eigenvalue weighted by atomic mass is 10.0. The van der Waals surface area contributed by atoms with Crippen molar-refractivity contribution in [1.82, 2.24) is 14.9 Å². The fraction of sp³-hybridized carbons (Fsp3) is 0.400. The number of rotatable bonds is 7. The second kappa shape index (κ2) is 8.25. The Balaban J connectivity index is 1.88. The van der Waals surface area contributed by atoms with Gasteiger partial charge in [0.05, 0.1) is 53.3 Å². The number of aliphatic hydroxyl groups excluding tert-OH is 1. The van der Waals surface area contributed by atoms with E-state index in [1.54, 1.807) is 0 Å². The van der Waals surface area contributed by atoms with Gasteiger partial charge in [-0.25, -0.2) is 4.39 Å². The van der Waals surface area contributed by atoms with E-state index in [9.17, 15) is 22.7 Å². The number of aromatic nitrogens is 3. The molecule has 0 amide bonds. The lowest BCUT2D eigenvalue weighted by Crippen LogP contribution is -2.21. The molecule has 3 aromatic rings. The van der Waals surface area contributed by atoms with Gasteiger partial charge in [0.1, 0.15) is 11.5 Å². The lowest BCUT2D eigenvalue weighted by Gasteiger charge is -2.13. The van der Waals surface area contributed by atoms with Crippen molar-refractivity contribution in [3.8, 4) is 22.6 Å². The van der Waals surface area contributed by atoms with E-state index >= 15 is 0 Å². The maximum Gasteiger partial charge on any atom is 0.433 e. The van der Waals surface area contributed by atoms with Crippen molar-refractivity contribution in [3.63, 3.8) is 0 Å². The molecule has 1 aliphatic carbocycles. The van der Waals surface area contributed by atoms with E-state index in [1.165, 1.54) is 25.1 Å². The van der Waals surface area contributed by atoms with Crippen LogP contribution in [0.3, 0.4) is 0 Å². The summed E-state index contributed by atoms with van der Waals surface area (Å²) in [6.45, 7) is 0.842. The van der Waals surface area contributed by atoms with Gasteiger partial charge in [-0.3, -0.25) is 4.68 Å². The molecule has 1 fully saturated rings. The van der Waals surface area contributed by atoms with E-state index in [0.717, 1.165) is 19.0 Å². The van der Waals surface area contributed by atoms with Crippen molar-refractivity contribution < 1.29 is 31.9 Å². The van der Waals surface area contributed by atoms with Crippen LogP contribution in [0.15, 0.2) is 28.9 Å². The first-order valence-corrected chi connectivity index (χ1v) is 9.90. The first-order valence-electron chi connectivity index (χ1n) is 9.52. The molecule has 0 saturated heterocycles. The van der Waals surface area contributed by atoms with E-state index in [0.29, 0.717) is 4.68 Å².